The molecule has 0 bridgehead atoms. The summed E-state index contributed by atoms with van der Waals surface area (Å²) in [7, 11) is 2.05. The minimum atomic E-state index is -4.58. The van der Waals surface area contributed by atoms with Crippen molar-refractivity contribution in [1.82, 2.24) is 15.1 Å². The topological polar surface area (TPSA) is 47.9 Å². The van der Waals surface area contributed by atoms with Crippen molar-refractivity contribution in [3.05, 3.63) is 76.5 Å². The second-order valence-corrected chi connectivity index (χ2v) is 8.00. The van der Waals surface area contributed by atoms with E-state index in [4.69, 9.17) is 4.99 Å². The molecule has 2 heterocycles. The maximum Gasteiger partial charge on any atom is 0.417 e. The van der Waals surface area contributed by atoms with Crippen LogP contribution in [0.25, 0.3) is 5.57 Å². The van der Waals surface area contributed by atoms with Gasteiger partial charge in [0.15, 0.2) is 12.1 Å². The second-order valence-electron chi connectivity index (χ2n) is 8.00. The summed E-state index contributed by atoms with van der Waals surface area (Å²) < 4.78 is 41.3. The number of Topliss-reactive ketones (excluding diaryl/α,β-unsaturated/α-hetero) is 1. The summed E-state index contributed by atoms with van der Waals surface area (Å²) in [6, 6.07) is 12.2. The number of piperazine rings is 1. The lowest BCUT2D eigenvalue weighted by Gasteiger charge is -2.35. The van der Waals surface area contributed by atoms with E-state index in [1.165, 1.54) is 18.2 Å². The summed E-state index contributed by atoms with van der Waals surface area (Å²) in [6.07, 6.45) is -4.99. The number of ketones is 1. The zero-order valence-corrected chi connectivity index (χ0v) is 16.9. The maximum atomic E-state index is 13.8. The van der Waals surface area contributed by atoms with Crippen molar-refractivity contribution >= 4 is 17.1 Å². The van der Waals surface area contributed by atoms with E-state index in [0.717, 1.165) is 32.2 Å². The molecule has 3 aliphatic rings. The molecule has 0 amide bonds. The van der Waals surface area contributed by atoms with Crippen LogP contribution in [-0.4, -0.2) is 60.8 Å². The number of carbonyl (C=O) groups excluding carboxylic acids is 1. The van der Waals surface area contributed by atoms with E-state index in [1.807, 2.05) is 6.07 Å². The number of allylic oxidation sites excluding steroid dienone is 2. The van der Waals surface area contributed by atoms with Gasteiger partial charge in [-0.25, -0.2) is 4.99 Å². The average molecular weight is 426 g/mol. The Morgan fingerprint density at radius 3 is 2.23 bits per heavy atom. The van der Waals surface area contributed by atoms with Crippen LogP contribution >= 0.6 is 0 Å². The fraction of sp³-hybridized carbons (Fsp3) is 0.304. The predicted molar refractivity (Wildman–Crippen MR) is 112 cm³/mol. The minimum absolute atomic E-state index is 0.0296. The van der Waals surface area contributed by atoms with Crippen molar-refractivity contribution < 1.29 is 18.0 Å². The zero-order valence-electron chi connectivity index (χ0n) is 16.9. The third-order valence-corrected chi connectivity index (χ3v) is 6.05. The molecule has 1 aliphatic carbocycles. The molecule has 8 heteroatoms. The van der Waals surface area contributed by atoms with Gasteiger partial charge in [0, 0.05) is 37.3 Å². The Kier molecular flexibility index (Phi) is 4.71. The third kappa shape index (κ3) is 3.36. The van der Waals surface area contributed by atoms with Gasteiger partial charge in [-0.05, 0) is 18.7 Å². The summed E-state index contributed by atoms with van der Waals surface area (Å²) in [5.74, 6) is -0.423. The standard InChI is InChI=1S/C23H21F3N4O/c1-29-10-12-30(13-11-29)22-27-19-14-6-2-3-7-15(14)21(31)18(20(19)28-22)16-8-4-5-9-17(16)23(24,25)26/h2-9,22,28H,10-13H2,1H3. The number of rotatable bonds is 2. The van der Waals surface area contributed by atoms with E-state index in [2.05, 4.69) is 22.2 Å². The number of hydrogen-bond acceptors (Lipinski definition) is 5. The molecular formula is C23H21F3N4O. The van der Waals surface area contributed by atoms with E-state index < -0.39 is 23.8 Å². The van der Waals surface area contributed by atoms with Gasteiger partial charge in [-0.1, -0.05) is 42.5 Å². The van der Waals surface area contributed by atoms with Crippen LogP contribution in [0.5, 0.6) is 0 Å². The van der Waals surface area contributed by atoms with Gasteiger partial charge < -0.3 is 10.2 Å². The van der Waals surface area contributed by atoms with E-state index >= 15 is 0 Å². The van der Waals surface area contributed by atoms with Gasteiger partial charge in [-0.2, -0.15) is 13.2 Å². The van der Waals surface area contributed by atoms with Crippen molar-refractivity contribution in [3.63, 3.8) is 0 Å². The SMILES string of the molecule is CN1CCN(C2N=C3C(=C(c4ccccc4C(F)(F)F)C(=O)c4ccccc43)N2)CC1. The number of aliphatic imine (C=N–C) groups is 1. The minimum Gasteiger partial charge on any atom is -0.349 e. The van der Waals surface area contributed by atoms with Gasteiger partial charge in [0.2, 0.25) is 0 Å². The fourth-order valence-electron chi connectivity index (χ4n) is 4.39. The summed E-state index contributed by atoms with van der Waals surface area (Å²) in [5.41, 5.74) is 1.04. The van der Waals surface area contributed by atoms with Gasteiger partial charge in [0.05, 0.1) is 22.5 Å². The monoisotopic (exact) mass is 426 g/mol. The summed E-state index contributed by atoms with van der Waals surface area (Å²) >= 11 is 0. The lowest BCUT2D eigenvalue weighted by molar-refractivity contribution is -0.137. The van der Waals surface area contributed by atoms with Crippen molar-refractivity contribution in [1.29, 1.82) is 0 Å². The first kappa shape index (κ1) is 20.0. The number of carbonyl (C=O) groups is 1. The fourth-order valence-corrected chi connectivity index (χ4v) is 4.39. The molecular weight excluding hydrogens is 405 g/mol. The van der Waals surface area contributed by atoms with Crippen LogP contribution in [0.4, 0.5) is 13.2 Å². The lowest BCUT2D eigenvalue weighted by Crippen LogP contribution is -2.51. The highest BCUT2D eigenvalue weighted by Crippen LogP contribution is 2.40. The van der Waals surface area contributed by atoms with Crippen LogP contribution in [0, 0.1) is 0 Å². The van der Waals surface area contributed by atoms with Crippen LogP contribution in [0.15, 0.2) is 59.2 Å². The summed E-state index contributed by atoms with van der Waals surface area (Å²) in [4.78, 5) is 22.6. The summed E-state index contributed by atoms with van der Waals surface area (Å²) in [5, 5.41) is 3.27. The van der Waals surface area contributed by atoms with Gasteiger partial charge >= 0.3 is 6.18 Å². The van der Waals surface area contributed by atoms with E-state index in [0.29, 0.717) is 22.5 Å². The van der Waals surface area contributed by atoms with E-state index in [9.17, 15) is 18.0 Å². The highest BCUT2D eigenvalue weighted by Gasteiger charge is 2.41. The Morgan fingerprint density at radius 1 is 0.935 bits per heavy atom. The number of nitrogens with zero attached hydrogens (tertiary/aromatic N) is 3. The molecule has 0 spiro atoms. The first-order chi connectivity index (χ1) is 14.8. The highest BCUT2D eigenvalue weighted by molar-refractivity contribution is 6.41. The number of hydrogen-bond donors (Lipinski definition) is 1. The molecule has 1 fully saturated rings. The van der Waals surface area contributed by atoms with Gasteiger partial charge in [0.25, 0.3) is 0 Å². The maximum absolute atomic E-state index is 13.8. The van der Waals surface area contributed by atoms with Gasteiger partial charge in [0.1, 0.15) is 0 Å². The second kappa shape index (κ2) is 7.32. The number of nitrogens with one attached hydrogen (secondary N) is 1. The molecule has 0 radical (unpaired) electrons. The molecule has 5 nitrogen and oxygen atoms in total. The predicted octanol–water partition coefficient (Wildman–Crippen LogP) is 3.24. The Balaban J connectivity index is 1.67. The number of fused-ring (bicyclic) bond motifs is 3. The van der Waals surface area contributed by atoms with Crippen molar-refractivity contribution in [2.45, 2.75) is 12.5 Å². The molecule has 0 saturated carbocycles. The normalized spacial score (nSPS) is 22.1. The molecule has 1 atom stereocenters. The number of alkyl halides is 3. The van der Waals surface area contributed by atoms with Crippen molar-refractivity contribution in [3.8, 4) is 0 Å². The number of likely N-dealkylation sites (N-methyl/N-ethyl adjacent to an activating group) is 1. The van der Waals surface area contributed by atoms with Crippen LogP contribution < -0.4 is 5.32 Å². The van der Waals surface area contributed by atoms with E-state index in [1.54, 1.807) is 18.2 Å². The average Bonchev–Trinajstić information content (AvgIpc) is 3.19. The molecule has 2 aromatic carbocycles. The van der Waals surface area contributed by atoms with Crippen LogP contribution in [-0.2, 0) is 6.18 Å². The van der Waals surface area contributed by atoms with Crippen LogP contribution in [0.2, 0.25) is 0 Å². The quantitative estimate of drug-likeness (QED) is 0.801. The lowest BCUT2D eigenvalue weighted by atomic mass is 9.82. The largest absolute Gasteiger partial charge is 0.417 e. The van der Waals surface area contributed by atoms with E-state index in [-0.39, 0.29) is 11.1 Å². The molecule has 1 saturated heterocycles. The van der Waals surface area contributed by atoms with Crippen LogP contribution in [0.3, 0.4) is 0 Å². The number of benzene rings is 2. The molecule has 0 aromatic heterocycles. The smallest absolute Gasteiger partial charge is 0.349 e. The van der Waals surface area contributed by atoms with Crippen molar-refractivity contribution in [2.24, 2.45) is 4.99 Å². The Labute approximate surface area is 177 Å². The highest BCUT2D eigenvalue weighted by atomic mass is 19.4. The molecule has 2 aromatic rings. The first-order valence-corrected chi connectivity index (χ1v) is 10.2. The molecule has 160 valence electrons. The Bertz CT molecular complexity index is 1110. The molecule has 2 aliphatic heterocycles. The first-order valence-electron chi connectivity index (χ1n) is 10.2. The molecule has 31 heavy (non-hydrogen) atoms. The third-order valence-electron chi connectivity index (χ3n) is 6.05. The Hall–Kier alpha value is -2.97. The van der Waals surface area contributed by atoms with Gasteiger partial charge in [-0.15, -0.1) is 0 Å². The molecule has 1 N–H and O–H groups in total. The van der Waals surface area contributed by atoms with Crippen LogP contribution in [0.1, 0.15) is 27.0 Å². The molecule has 5 rings (SSSR count). The van der Waals surface area contributed by atoms with Gasteiger partial charge in [-0.3, -0.25) is 9.69 Å². The molecule has 1 unspecified atom stereocenters. The number of halogens is 3. The summed E-state index contributed by atoms with van der Waals surface area (Å²) in [6.45, 7) is 3.31. The zero-order chi connectivity index (χ0) is 21.8. The van der Waals surface area contributed by atoms with Crippen molar-refractivity contribution in [2.75, 3.05) is 33.2 Å². The Morgan fingerprint density at radius 2 is 1.55 bits per heavy atom.